The molecule has 1 saturated heterocycles. The molecule has 4 rings (SSSR count). The second kappa shape index (κ2) is 8.99. The zero-order valence-corrected chi connectivity index (χ0v) is 16.3. The average molecular weight is 380 g/mol. The summed E-state index contributed by atoms with van der Waals surface area (Å²) in [7, 11) is 0. The number of hydrogen-bond donors (Lipinski definition) is 1. The zero-order valence-electron chi connectivity index (χ0n) is 16.3. The SMILES string of the molecule is O=C(c1cnc(NC2CCCCCC2)cn1)N1CCN(c2ccccn2)CC1. The van der Waals surface area contributed by atoms with Gasteiger partial charge in [-0.2, -0.15) is 0 Å². The number of piperazine rings is 1. The summed E-state index contributed by atoms with van der Waals surface area (Å²) < 4.78 is 0. The molecule has 2 aromatic heterocycles. The van der Waals surface area contributed by atoms with Crippen LogP contribution in [-0.4, -0.2) is 58.0 Å². The van der Waals surface area contributed by atoms with Gasteiger partial charge in [-0.25, -0.2) is 15.0 Å². The highest BCUT2D eigenvalue weighted by Crippen LogP contribution is 2.20. The molecule has 2 aliphatic rings. The van der Waals surface area contributed by atoms with Crippen molar-refractivity contribution in [2.75, 3.05) is 36.4 Å². The highest BCUT2D eigenvalue weighted by Gasteiger charge is 2.24. The molecule has 3 heterocycles. The van der Waals surface area contributed by atoms with E-state index in [0.29, 0.717) is 24.8 Å². The summed E-state index contributed by atoms with van der Waals surface area (Å²) in [6.45, 7) is 2.88. The number of aromatic nitrogens is 3. The van der Waals surface area contributed by atoms with Gasteiger partial charge in [0.05, 0.1) is 12.4 Å². The van der Waals surface area contributed by atoms with Gasteiger partial charge in [0.25, 0.3) is 5.91 Å². The van der Waals surface area contributed by atoms with Crippen LogP contribution >= 0.6 is 0 Å². The predicted molar refractivity (Wildman–Crippen MR) is 109 cm³/mol. The van der Waals surface area contributed by atoms with Crippen LogP contribution in [0.15, 0.2) is 36.8 Å². The molecule has 7 heteroatoms. The fourth-order valence-corrected chi connectivity index (χ4v) is 3.99. The van der Waals surface area contributed by atoms with E-state index in [1.165, 1.54) is 38.5 Å². The Balaban J connectivity index is 1.31. The van der Waals surface area contributed by atoms with Crippen LogP contribution in [0.3, 0.4) is 0 Å². The smallest absolute Gasteiger partial charge is 0.274 e. The molecule has 1 aliphatic heterocycles. The largest absolute Gasteiger partial charge is 0.366 e. The summed E-state index contributed by atoms with van der Waals surface area (Å²) >= 11 is 0. The Bertz CT molecular complexity index is 750. The molecule has 1 aliphatic carbocycles. The number of pyridine rings is 1. The zero-order chi connectivity index (χ0) is 19.2. The Hall–Kier alpha value is -2.70. The monoisotopic (exact) mass is 380 g/mol. The van der Waals surface area contributed by atoms with Gasteiger partial charge in [0.15, 0.2) is 0 Å². The van der Waals surface area contributed by atoms with Gasteiger partial charge in [0.2, 0.25) is 0 Å². The number of rotatable bonds is 4. The normalized spacial score (nSPS) is 18.6. The summed E-state index contributed by atoms with van der Waals surface area (Å²) in [6.07, 6.45) is 12.7. The molecular weight excluding hydrogens is 352 g/mol. The Morgan fingerprint density at radius 1 is 0.929 bits per heavy atom. The maximum atomic E-state index is 12.8. The third-order valence-corrected chi connectivity index (χ3v) is 5.62. The van der Waals surface area contributed by atoms with Gasteiger partial charge in [-0.3, -0.25) is 4.79 Å². The van der Waals surface area contributed by atoms with Crippen LogP contribution < -0.4 is 10.2 Å². The van der Waals surface area contributed by atoms with E-state index in [1.807, 2.05) is 23.1 Å². The Kier molecular flexibility index (Phi) is 5.99. The first-order chi connectivity index (χ1) is 13.8. The standard InChI is InChI=1S/C21H28N6O/c28-21(27-13-11-26(12-14-27)20-9-5-6-10-22-20)18-15-24-19(16-23-18)25-17-7-3-1-2-4-8-17/h5-6,9-10,15-17H,1-4,7-8,11-14H2,(H,24,25). The minimum atomic E-state index is -0.0470. The first-order valence-corrected chi connectivity index (χ1v) is 10.3. The molecule has 0 atom stereocenters. The van der Waals surface area contributed by atoms with Gasteiger partial charge in [0, 0.05) is 38.4 Å². The highest BCUT2D eigenvalue weighted by molar-refractivity contribution is 5.92. The second-order valence-electron chi connectivity index (χ2n) is 7.59. The summed E-state index contributed by atoms with van der Waals surface area (Å²) in [5.41, 5.74) is 0.415. The number of nitrogens with one attached hydrogen (secondary N) is 1. The van der Waals surface area contributed by atoms with Crippen molar-refractivity contribution in [1.29, 1.82) is 0 Å². The highest BCUT2D eigenvalue weighted by atomic mass is 16.2. The fourth-order valence-electron chi connectivity index (χ4n) is 3.99. The van der Waals surface area contributed by atoms with Crippen LogP contribution in [0.4, 0.5) is 11.6 Å². The molecule has 28 heavy (non-hydrogen) atoms. The molecule has 1 amide bonds. The van der Waals surface area contributed by atoms with Crippen molar-refractivity contribution >= 4 is 17.5 Å². The molecule has 0 spiro atoms. The van der Waals surface area contributed by atoms with Crippen LogP contribution in [0.2, 0.25) is 0 Å². The number of anilines is 2. The van der Waals surface area contributed by atoms with E-state index in [2.05, 4.69) is 25.2 Å². The first kappa shape index (κ1) is 18.7. The molecule has 2 fully saturated rings. The van der Waals surface area contributed by atoms with Crippen LogP contribution in [-0.2, 0) is 0 Å². The molecule has 0 aromatic carbocycles. The van der Waals surface area contributed by atoms with E-state index in [4.69, 9.17) is 0 Å². The number of carbonyl (C=O) groups excluding carboxylic acids is 1. The van der Waals surface area contributed by atoms with E-state index in [0.717, 1.165) is 24.7 Å². The lowest BCUT2D eigenvalue weighted by molar-refractivity contribution is 0.0740. The maximum absolute atomic E-state index is 12.8. The van der Waals surface area contributed by atoms with Crippen molar-refractivity contribution in [2.24, 2.45) is 0 Å². The van der Waals surface area contributed by atoms with E-state index < -0.39 is 0 Å². The lowest BCUT2D eigenvalue weighted by Gasteiger charge is -2.35. The minimum absolute atomic E-state index is 0.0470. The van der Waals surface area contributed by atoms with Gasteiger partial charge in [-0.1, -0.05) is 31.7 Å². The molecular formula is C21H28N6O. The minimum Gasteiger partial charge on any atom is -0.366 e. The van der Waals surface area contributed by atoms with Crippen LogP contribution in [0.1, 0.15) is 49.0 Å². The second-order valence-corrected chi connectivity index (χ2v) is 7.59. The third-order valence-electron chi connectivity index (χ3n) is 5.62. The van der Waals surface area contributed by atoms with E-state index in [9.17, 15) is 4.79 Å². The van der Waals surface area contributed by atoms with Gasteiger partial charge in [-0.15, -0.1) is 0 Å². The molecule has 0 bridgehead atoms. The van der Waals surface area contributed by atoms with Gasteiger partial charge in [0.1, 0.15) is 17.3 Å². The fraction of sp³-hybridized carbons (Fsp3) is 0.524. The van der Waals surface area contributed by atoms with Crippen molar-refractivity contribution in [3.8, 4) is 0 Å². The lowest BCUT2D eigenvalue weighted by Crippen LogP contribution is -2.49. The Labute approximate surface area is 166 Å². The molecule has 1 saturated carbocycles. The molecule has 0 unspecified atom stereocenters. The number of hydrogen-bond acceptors (Lipinski definition) is 6. The number of carbonyl (C=O) groups is 1. The van der Waals surface area contributed by atoms with Crippen LogP contribution in [0, 0.1) is 0 Å². The van der Waals surface area contributed by atoms with Gasteiger partial charge in [-0.05, 0) is 25.0 Å². The predicted octanol–water partition coefficient (Wildman–Crippen LogP) is 2.97. The summed E-state index contributed by atoms with van der Waals surface area (Å²) in [4.78, 5) is 30.0. The van der Waals surface area contributed by atoms with Crippen LogP contribution in [0.25, 0.3) is 0 Å². The van der Waals surface area contributed by atoms with E-state index in [1.54, 1.807) is 18.6 Å². The van der Waals surface area contributed by atoms with E-state index >= 15 is 0 Å². The van der Waals surface area contributed by atoms with Gasteiger partial charge >= 0.3 is 0 Å². The summed E-state index contributed by atoms with van der Waals surface area (Å²) in [6, 6.07) is 6.37. The maximum Gasteiger partial charge on any atom is 0.274 e. The van der Waals surface area contributed by atoms with Crippen molar-refractivity contribution in [3.63, 3.8) is 0 Å². The molecule has 1 N–H and O–H groups in total. The molecule has 7 nitrogen and oxygen atoms in total. The average Bonchev–Trinajstić information content (AvgIpc) is 3.03. The summed E-state index contributed by atoms with van der Waals surface area (Å²) in [5, 5.41) is 3.48. The van der Waals surface area contributed by atoms with E-state index in [-0.39, 0.29) is 5.91 Å². The van der Waals surface area contributed by atoms with Gasteiger partial charge < -0.3 is 15.1 Å². The number of amides is 1. The van der Waals surface area contributed by atoms with Crippen molar-refractivity contribution < 1.29 is 4.79 Å². The third kappa shape index (κ3) is 4.58. The quantitative estimate of drug-likeness (QED) is 0.822. The van der Waals surface area contributed by atoms with Crippen molar-refractivity contribution in [1.82, 2.24) is 19.9 Å². The first-order valence-electron chi connectivity index (χ1n) is 10.3. The Morgan fingerprint density at radius 2 is 1.71 bits per heavy atom. The molecule has 2 aromatic rings. The number of nitrogens with zero attached hydrogens (tertiary/aromatic N) is 5. The summed E-state index contributed by atoms with van der Waals surface area (Å²) in [5.74, 6) is 1.68. The molecule has 0 radical (unpaired) electrons. The van der Waals surface area contributed by atoms with Crippen molar-refractivity contribution in [2.45, 2.75) is 44.6 Å². The topological polar surface area (TPSA) is 74.2 Å². The van der Waals surface area contributed by atoms with Crippen molar-refractivity contribution in [3.05, 3.63) is 42.5 Å². The molecule has 148 valence electrons. The van der Waals surface area contributed by atoms with Crippen LogP contribution in [0.5, 0.6) is 0 Å². The lowest BCUT2D eigenvalue weighted by atomic mass is 10.1. The Morgan fingerprint density at radius 3 is 2.36 bits per heavy atom.